The van der Waals surface area contributed by atoms with Crippen molar-refractivity contribution in [2.45, 2.75) is 25.7 Å². The molecule has 0 bridgehead atoms. The van der Waals surface area contributed by atoms with Crippen LogP contribution in [0, 0.1) is 0 Å². The number of para-hydroxylation sites is 4. The molecule has 0 aliphatic carbocycles. The van der Waals surface area contributed by atoms with Crippen molar-refractivity contribution >= 4 is 39.4 Å². The molecule has 2 aromatic carbocycles. The summed E-state index contributed by atoms with van der Waals surface area (Å²) in [4.78, 5) is 51.0. The average Bonchev–Trinajstić information content (AvgIpc) is 3.34. The molecule has 2 N–H and O–H groups in total. The molecule has 2 heterocycles. The molecule has 0 amide bonds. The van der Waals surface area contributed by atoms with Gasteiger partial charge >= 0.3 is 0 Å². The first kappa shape index (κ1) is 17.8. The lowest BCUT2D eigenvalue weighted by Crippen LogP contribution is -2.09. The fourth-order valence-corrected chi connectivity index (χ4v) is 3.04. The third-order valence-corrected chi connectivity index (χ3v) is 4.57. The topological polar surface area (TPSA) is 109 Å². The summed E-state index contributed by atoms with van der Waals surface area (Å²) in [5.41, 5.74) is 3.00. The highest BCUT2D eigenvalue weighted by Gasteiger charge is 2.16. The zero-order valence-electron chi connectivity index (χ0n) is 15.1. The number of ketones is 3. The Kier molecular flexibility index (Phi) is 4.80. The molecule has 0 saturated heterocycles. The first-order chi connectivity index (χ1) is 13.6. The monoisotopic (exact) mass is 374 g/mol. The van der Waals surface area contributed by atoms with Crippen LogP contribution in [0.25, 0.3) is 22.1 Å². The van der Waals surface area contributed by atoms with Gasteiger partial charge < -0.3 is 9.97 Å². The van der Waals surface area contributed by atoms with Crippen LogP contribution in [-0.4, -0.2) is 37.3 Å². The van der Waals surface area contributed by atoms with E-state index in [2.05, 4.69) is 19.9 Å². The third-order valence-electron chi connectivity index (χ3n) is 4.57. The summed E-state index contributed by atoms with van der Waals surface area (Å²) in [7, 11) is 0. The van der Waals surface area contributed by atoms with E-state index in [-0.39, 0.29) is 54.7 Å². The fraction of sp³-hybridized carbons (Fsp3) is 0.190. The number of carbonyl (C=O) groups is 3. The second-order valence-electron chi connectivity index (χ2n) is 6.59. The second kappa shape index (κ2) is 7.56. The van der Waals surface area contributed by atoms with Crippen LogP contribution in [0.15, 0.2) is 48.5 Å². The van der Waals surface area contributed by atoms with E-state index < -0.39 is 0 Å². The summed E-state index contributed by atoms with van der Waals surface area (Å²) >= 11 is 0. The third kappa shape index (κ3) is 3.73. The number of fused-ring (bicyclic) bond motifs is 2. The lowest BCUT2D eigenvalue weighted by Gasteiger charge is -1.99. The number of imidazole rings is 2. The van der Waals surface area contributed by atoms with Gasteiger partial charge in [-0.05, 0) is 24.3 Å². The van der Waals surface area contributed by atoms with Gasteiger partial charge in [0.2, 0.25) is 0 Å². The van der Waals surface area contributed by atoms with Crippen LogP contribution in [0.5, 0.6) is 0 Å². The Bertz CT molecular complexity index is 1030. The second-order valence-corrected chi connectivity index (χ2v) is 6.59. The standard InChI is InChI=1S/C21H18N4O3/c26-13(9-11-18(27)20-22-14-5-1-2-6-15(14)23-20)10-12-19(28)21-24-16-7-3-4-8-17(16)25-21/h1-8H,9-12H2,(H,22,23)(H,24,25). The molecule has 0 atom stereocenters. The average molecular weight is 374 g/mol. The maximum absolute atomic E-state index is 12.2. The Morgan fingerprint density at radius 3 is 1.50 bits per heavy atom. The first-order valence-electron chi connectivity index (χ1n) is 9.08. The van der Waals surface area contributed by atoms with E-state index >= 15 is 0 Å². The van der Waals surface area contributed by atoms with E-state index in [4.69, 9.17) is 0 Å². The lowest BCUT2D eigenvalue weighted by molar-refractivity contribution is -0.119. The molecule has 0 unspecified atom stereocenters. The van der Waals surface area contributed by atoms with Crippen LogP contribution < -0.4 is 0 Å². The molecule has 0 fully saturated rings. The number of rotatable bonds is 8. The Labute approximate surface area is 160 Å². The van der Waals surface area contributed by atoms with Crippen molar-refractivity contribution in [2.75, 3.05) is 0 Å². The van der Waals surface area contributed by atoms with E-state index in [1.807, 2.05) is 48.5 Å². The molecule has 0 aliphatic heterocycles. The van der Waals surface area contributed by atoms with Crippen LogP contribution >= 0.6 is 0 Å². The maximum Gasteiger partial charge on any atom is 0.198 e. The van der Waals surface area contributed by atoms with Crippen molar-refractivity contribution in [3.05, 3.63) is 60.2 Å². The van der Waals surface area contributed by atoms with E-state index in [0.717, 1.165) is 11.0 Å². The SMILES string of the molecule is O=C(CCC(=O)c1nc2ccccc2[nH]1)CCC(=O)c1nc2ccccc2[nH]1. The fourth-order valence-electron chi connectivity index (χ4n) is 3.04. The van der Waals surface area contributed by atoms with E-state index in [0.29, 0.717) is 11.0 Å². The summed E-state index contributed by atoms with van der Waals surface area (Å²) in [5.74, 6) is -0.0463. The number of hydrogen-bond donors (Lipinski definition) is 2. The van der Waals surface area contributed by atoms with Crippen LogP contribution in [0.1, 0.15) is 46.9 Å². The van der Waals surface area contributed by atoms with Crippen LogP contribution in [-0.2, 0) is 4.79 Å². The first-order valence-corrected chi connectivity index (χ1v) is 9.08. The van der Waals surface area contributed by atoms with Gasteiger partial charge in [0.25, 0.3) is 0 Å². The summed E-state index contributed by atoms with van der Waals surface area (Å²) < 4.78 is 0. The van der Waals surface area contributed by atoms with Gasteiger partial charge in [0.15, 0.2) is 23.2 Å². The Morgan fingerprint density at radius 1 is 0.643 bits per heavy atom. The number of benzene rings is 2. The lowest BCUT2D eigenvalue weighted by atomic mass is 10.1. The molecule has 7 heteroatoms. The van der Waals surface area contributed by atoms with Crippen molar-refractivity contribution in [1.82, 2.24) is 19.9 Å². The van der Waals surface area contributed by atoms with E-state index in [1.165, 1.54) is 0 Å². The number of aromatic amines is 2. The molecule has 0 radical (unpaired) electrons. The molecular formula is C21H18N4O3. The number of aromatic nitrogens is 4. The zero-order valence-corrected chi connectivity index (χ0v) is 15.1. The summed E-state index contributed by atoms with van der Waals surface area (Å²) in [6.45, 7) is 0. The van der Waals surface area contributed by atoms with E-state index in [9.17, 15) is 14.4 Å². The molecule has 4 rings (SSSR count). The van der Waals surface area contributed by atoms with Crippen LogP contribution in [0.3, 0.4) is 0 Å². The molecule has 4 aromatic rings. The summed E-state index contributed by atoms with van der Waals surface area (Å²) in [6, 6.07) is 14.7. The van der Waals surface area contributed by atoms with Gasteiger partial charge in [0.05, 0.1) is 22.1 Å². The molecule has 140 valence electrons. The number of nitrogens with zero attached hydrogens (tertiary/aromatic N) is 2. The highest BCUT2D eigenvalue weighted by atomic mass is 16.1. The molecule has 28 heavy (non-hydrogen) atoms. The van der Waals surface area contributed by atoms with Crippen molar-refractivity contribution in [1.29, 1.82) is 0 Å². The Hall–Kier alpha value is -3.61. The number of Topliss-reactive ketones (excluding diaryl/α,β-unsaturated/α-hetero) is 3. The highest BCUT2D eigenvalue weighted by molar-refractivity contribution is 6.00. The van der Waals surface area contributed by atoms with Crippen LogP contribution in [0.2, 0.25) is 0 Å². The van der Waals surface area contributed by atoms with Crippen molar-refractivity contribution in [2.24, 2.45) is 0 Å². The van der Waals surface area contributed by atoms with Gasteiger partial charge in [0.1, 0.15) is 5.78 Å². The minimum Gasteiger partial charge on any atom is -0.335 e. The predicted octanol–water partition coefficient (Wildman–Crippen LogP) is 3.63. The van der Waals surface area contributed by atoms with Gasteiger partial charge in [-0.3, -0.25) is 14.4 Å². The Balaban J connectivity index is 1.29. The normalized spacial score (nSPS) is 11.1. The van der Waals surface area contributed by atoms with Crippen molar-refractivity contribution in [3.8, 4) is 0 Å². The maximum atomic E-state index is 12.2. The summed E-state index contributed by atoms with van der Waals surface area (Å²) in [6.07, 6.45) is 0.307. The molecule has 0 spiro atoms. The largest absolute Gasteiger partial charge is 0.335 e. The number of carbonyl (C=O) groups excluding carboxylic acids is 3. The highest BCUT2D eigenvalue weighted by Crippen LogP contribution is 2.14. The predicted molar refractivity (Wildman–Crippen MR) is 104 cm³/mol. The molecule has 0 aliphatic rings. The van der Waals surface area contributed by atoms with Crippen LogP contribution in [0.4, 0.5) is 0 Å². The molecule has 2 aromatic heterocycles. The van der Waals surface area contributed by atoms with Crippen molar-refractivity contribution in [3.63, 3.8) is 0 Å². The van der Waals surface area contributed by atoms with E-state index in [1.54, 1.807) is 0 Å². The van der Waals surface area contributed by atoms with Gasteiger partial charge in [-0.1, -0.05) is 24.3 Å². The smallest absolute Gasteiger partial charge is 0.198 e. The molecule has 7 nitrogen and oxygen atoms in total. The number of H-pyrrole nitrogens is 2. The minimum atomic E-state index is -0.215. The minimum absolute atomic E-state index is 0.0669. The summed E-state index contributed by atoms with van der Waals surface area (Å²) in [5, 5.41) is 0. The zero-order chi connectivity index (χ0) is 19.5. The number of hydrogen-bond acceptors (Lipinski definition) is 5. The number of nitrogens with one attached hydrogen (secondary N) is 2. The van der Waals surface area contributed by atoms with Gasteiger partial charge in [-0.2, -0.15) is 0 Å². The van der Waals surface area contributed by atoms with Gasteiger partial charge in [-0.25, -0.2) is 9.97 Å². The van der Waals surface area contributed by atoms with Gasteiger partial charge in [-0.15, -0.1) is 0 Å². The van der Waals surface area contributed by atoms with Gasteiger partial charge in [0, 0.05) is 25.7 Å². The molecule has 0 saturated carbocycles. The quantitative estimate of drug-likeness (QED) is 0.458. The Morgan fingerprint density at radius 2 is 1.07 bits per heavy atom. The van der Waals surface area contributed by atoms with Crippen molar-refractivity contribution < 1.29 is 14.4 Å². The molecular weight excluding hydrogens is 356 g/mol.